The second-order valence-electron chi connectivity index (χ2n) is 5.93. The van der Waals surface area contributed by atoms with E-state index >= 15 is 0 Å². The number of epoxide rings is 1. The van der Waals surface area contributed by atoms with Crippen molar-refractivity contribution in [1.29, 1.82) is 0 Å². The highest BCUT2D eigenvalue weighted by Gasteiger charge is 2.60. The van der Waals surface area contributed by atoms with Crippen LogP contribution in [0, 0.1) is 16.4 Å². The van der Waals surface area contributed by atoms with Crippen LogP contribution in [0.2, 0.25) is 5.02 Å². The molecule has 2 aromatic carbocycles. The highest BCUT2D eigenvalue weighted by atomic mass is 35.5. The SMILES string of the molecule is Fc1ccc(C2(Cn3cc[nH]c3=S)OC2c2ccccc2Cl)c(F)c1. The summed E-state index contributed by atoms with van der Waals surface area (Å²) < 4.78 is 36.1. The number of rotatable bonds is 4. The first kappa shape index (κ1) is 16.4. The summed E-state index contributed by atoms with van der Waals surface area (Å²) in [6.07, 6.45) is 3.01. The topological polar surface area (TPSA) is 33.2 Å². The Morgan fingerprint density at radius 3 is 2.72 bits per heavy atom. The second-order valence-corrected chi connectivity index (χ2v) is 6.72. The minimum atomic E-state index is -0.997. The molecule has 3 aromatic rings. The molecule has 1 aromatic heterocycles. The van der Waals surface area contributed by atoms with Gasteiger partial charge >= 0.3 is 0 Å². The molecular formula is C18H13ClF2N2OS. The summed E-state index contributed by atoms with van der Waals surface area (Å²) in [7, 11) is 0. The van der Waals surface area contributed by atoms with Crippen molar-refractivity contribution in [2.75, 3.05) is 0 Å². The summed E-state index contributed by atoms with van der Waals surface area (Å²) in [6.45, 7) is 0.285. The maximum atomic E-state index is 14.5. The summed E-state index contributed by atoms with van der Waals surface area (Å²) in [4.78, 5) is 2.90. The number of ether oxygens (including phenoxy) is 1. The Morgan fingerprint density at radius 2 is 2.04 bits per heavy atom. The standard InChI is InChI=1S/C18H13ClF2N2OS/c19-14-4-2-1-3-12(14)16-18(24-16,10-23-8-7-22-17(23)25)13-6-5-11(20)9-15(13)21/h1-9,16H,10H2,(H,22,25). The first-order chi connectivity index (χ1) is 12.0. The van der Waals surface area contributed by atoms with E-state index in [0.717, 1.165) is 11.6 Å². The zero-order valence-corrected chi connectivity index (χ0v) is 14.5. The Hall–Kier alpha value is -2.02. The molecule has 0 bridgehead atoms. The lowest BCUT2D eigenvalue weighted by atomic mass is 9.91. The molecule has 3 nitrogen and oxygen atoms in total. The molecule has 2 atom stereocenters. The van der Waals surface area contributed by atoms with Gasteiger partial charge in [-0.15, -0.1) is 0 Å². The fourth-order valence-electron chi connectivity index (χ4n) is 3.15. The summed E-state index contributed by atoms with van der Waals surface area (Å²) in [5.41, 5.74) is 0.0419. The molecule has 1 N–H and O–H groups in total. The Balaban J connectivity index is 1.82. The molecule has 1 aliphatic heterocycles. The van der Waals surface area contributed by atoms with Crippen molar-refractivity contribution in [1.82, 2.24) is 9.55 Å². The Morgan fingerprint density at radius 1 is 1.24 bits per heavy atom. The highest BCUT2D eigenvalue weighted by molar-refractivity contribution is 7.71. The third kappa shape index (κ3) is 2.80. The lowest BCUT2D eigenvalue weighted by Gasteiger charge is -2.16. The van der Waals surface area contributed by atoms with Gasteiger partial charge in [-0.05, 0) is 24.4 Å². The van der Waals surface area contributed by atoms with Crippen LogP contribution >= 0.6 is 23.8 Å². The lowest BCUT2D eigenvalue weighted by Crippen LogP contribution is -2.20. The van der Waals surface area contributed by atoms with E-state index < -0.39 is 23.3 Å². The number of aromatic nitrogens is 2. The van der Waals surface area contributed by atoms with E-state index in [2.05, 4.69) is 4.98 Å². The van der Waals surface area contributed by atoms with E-state index in [1.54, 1.807) is 23.0 Å². The van der Waals surface area contributed by atoms with Crippen molar-refractivity contribution in [3.05, 3.63) is 87.4 Å². The maximum Gasteiger partial charge on any atom is 0.177 e. The van der Waals surface area contributed by atoms with Gasteiger partial charge in [0.05, 0.1) is 6.54 Å². The molecule has 7 heteroatoms. The van der Waals surface area contributed by atoms with Crippen molar-refractivity contribution in [3.8, 4) is 0 Å². The number of imidazole rings is 1. The van der Waals surface area contributed by atoms with Crippen molar-refractivity contribution in [2.45, 2.75) is 18.2 Å². The van der Waals surface area contributed by atoms with Crippen LogP contribution in [0.25, 0.3) is 0 Å². The minimum Gasteiger partial charge on any atom is -0.354 e. The summed E-state index contributed by atoms with van der Waals surface area (Å²) in [6, 6.07) is 10.8. The Labute approximate surface area is 152 Å². The molecule has 0 aliphatic carbocycles. The van der Waals surface area contributed by atoms with Crippen molar-refractivity contribution >= 4 is 23.8 Å². The predicted octanol–water partition coefficient (Wildman–Crippen LogP) is 5.14. The molecule has 2 unspecified atom stereocenters. The number of aromatic amines is 1. The van der Waals surface area contributed by atoms with Crippen LogP contribution in [0.15, 0.2) is 54.9 Å². The molecule has 25 heavy (non-hydrogen) atoms. The second kappa shape index (κ2) is 6.05. The van der Waals surface area contributed by atoms with Crippen LogP contribution in [0.1, 0.15) is 17.2 Å². The number of nitrogens with one attached hydrogen (secondary N) is 1. The number of halogens is 3. The van der Waals surface area contributed by atoms with E-state index in [1.165, 1.54) is 12.1 Å². The minimum absolute atomic E-state index is 0.280. The number of nitrogens with zero attached hydrogens (tertiary/aromatic N) is 1. The molecule has 0 amide bonds. The number of benzene rings is 2. The number of hydrogen-bond acceptors (Lipinski definition) is 2. The Bertz CT molecular complexity index is 1000. The van der Waals surface area contributed by atoms with Gasteiger partial charge in [0.15, 0.2) is 4.77 Å². The van der Waals surface area contributed by atoms with E-state index in [0.29, 0.717) is 9.79 Å². The summed E-state index contributed by atoms with van der Waals surface area (Å²) in [5, 5.41) is 0.537. The summed E-state index contributed by atoms with van der Waals surface area (Å²) >= 11 is 11.5. The van der Waals surface area contributed by atoms with Gasteiger partial charge in [0.25, 0.3) is 0 Å². The highest BCUT2D eigenvalue weighted by Crippen LogP contribution is 2.59. The molecule has 128 valence electrons. The molecule has 0 radical (unpaired) electrons. The molecule has 0 saturated carbocycles. The van der Waals surface area contributed by atoms with E-state index in [9.17, 15) is 8.78 Å². The smallest absolute Gasteiger partial charge is 0.177 e. The number of hydrogen-bond donors (Lipinski definition) is 1. The maximum absolute atomic E-state index is 14.5. The van der Waals surface area contributed by atoms with Crippen molar-refractivity contribution < 1.29 is 13.5 Å². The lowest BCUT2D eigenvalue weighted by molar-refractivity contribution is 0.263. The monoisotopic (exact) mass is 378 g/mol. The van der Waals surface area contributed by atoms with Crippen LogP contribution in [-0.2, 0) is 16.9 Å². The van der Waals surface area contributed by atoms with Gasteiger partial charge in [-0.3, -0.25) is 0 Å². The zero-order chi connectivity index (χ0) is 17.6. The molecule has 1 fully saturated rings. The predicted molar refractivity (Wildman–Crippen MR) is 92.9 cm³/mol. The van der Waals surface area contributed by atoms with Crippen molar-refractivity contribution in [3.63, 3.8) is 0 Å². The molecular weight excluding hydrogens is 366 g/mol. The van der Waals surface area contributed by atoms with Gasteiger partial charge in [-0.25, -0.2) is 8.78 Å². The average molecular weight is 379 g/mol. The van der Waals surface area contributed by atoms with Gasteiger partial charge in [0, 0.05) is 34.6 Å². The van der Waals surface area contributed by atoms with Gasteiger partial charge in [-0.2, -0.15) is 0 Å². The molecule has 2 heterocycles. The van der Waals surface area contributed by atoms with E-state index in [4.69, 9.17) is 28.6 Å². The van der Waals surface area contributed by atoms with Gasteiger partial charge < -0.3 is 14.3 Å². The van der Waals surface area contributed by atoms with Gasteiger partial charge in [-0.1, -0.05) is 35.9 Å². The van der Waals surface area contributed by atoms with Crippen LogP contribution < -0.4 is 0 Å². The third-order valence-electron chi connectivity index (χ3n) is 4.40. The fraction of sp³-hybridized carbons (Fsp3) is 0.167. The quantitative estimate of drug-likeness (QED) is 0.503. The normalized spacial score (nSPS) is 22.1. The van der Waals surface area contributed by atoms with Crippen LogP contribution in [0.4, 0.5) is 8.78 Å². The van der Waals surface area contributed by atoms with E-state index in [1.807, 2.05) is 18.2 Å². The fourth-order valence-corrected chi connectivity index (χ4v) is 3.58. The summed E-state index contributed by atoms with van der Waals surface area (Å²) in [5.74, 6) is -1.29. The van der Waals surface area contributed by atoms with Gasteiger partial charge in [0.2, 0.25) is 0 Å². The van der Waals surface area contributed by atoms with Crippen LogP contribution in [0.5, 0.6) is 0 Å². The first-order valence-electron chi connectivity index (χ1n) is 7.63. The molecule has 1 aliphatic rings. The van der Waals surface area contributed by atoms with Crippen LogP contribution in [-0.4, -0.2) is 9.55 Å². The number of H-pyrrole nitrogens is 1. The van der Waals surface area contributed by atoms with Crippen LogP contribution in [0.3, 0.4) is 0 Å². The van der Waals surface area contributed by atoms with E-state index in [-0.39, 0.29) is 12.1 Å². The molecule has 4 rings (SSSR count). The molecule has 1 saturated heterocycles. The zero-order valence-electron chi connectivity index (χ0n) is 12.9. The van der Waals surface area contributed by atoms with Crippen molar-refractivity contribution in [2.24, 2.45) is 0 Å². The Kier molecular flexibility index (Phi) is 3.98. The third-order valence-corrected chi connectivity index (χ3v) is 5.09. The average Bonchev–Trinajstić information content (AvgIpc) is 3.14. The molecule has 0 spiro atoms. The first-order valence-corrected chi connectivity index (χ1v) is 8.41. The largest absolute Gasteiger partial charge is 0.354 e. The van der Waals surface area contributed by atoms with Gasteiger partial charge in [0.1, 0.15) is 23.3 Å².